The summed E-state index contributed by atoms with van der Waals surface area (Å²) in [4.78, 5) is 36.2. The lowest BCUT2D eigenvalue weighted by atomic mass is 9.96. The van der Waals surface area contributed by atoms with Gasteiger partial charge in [0.1, 0.15) is 0 Å². The Hall–Kier alpha value is -2.37. The molecule has 0 heterocycles. The summed E-state index contributed by atoms with van der Waals surface area (Å²) in [5.74, 6) is -0.478. The second-order valence-corrected chi connectivity index (χ2v) is 7.21. The molecule has 1 aromatic rings. The molecule has 3 N–H and O–H groups in total. The normalized spacial score (nSPS) is 15.3. The van der Waals surface area contributed by atoms with Crippen LogP contribution in [0, 0.1) is 6.92 Å². The van der Waals surface area contributed by atoms with Gasteiger partial charge in [-0.25, -0.2) is 0 Å². The molecule has 0 radical (unpaired) electrons. The van der Waals surface area contributed by atoms with Crippen LogP contribution in [0.1, 0.15) is 73.7 Å². The number of amides is 3. The van der Waals surface area contributed by atoms with E-state index in [0.717, 1.165) is 25.7 Å². The van der Waals surface area contributed by atoms with Crippen LogP contribution in [0.15, 0.2) is 18.2 Å². The van der Waals surface area contributed by atoms with Gasteiger partial charge < -0.3 is 16.0 Å². The first kappa shape index (κ1) is 20.9. The SMILES string of the molecule is CNC(=O)c1cccc(NC(=O)CCC(=O)NC2CCCCCCC2)c1C. The third-order valence-corrected chi connectivity index (χ3v) is 5.13. The zero-order valence-corrected chi connectivity index (χ0v) is 16.4. The Morgan fingerprint density at radius 3 is 2.26 bits per heavy atom. The zero-order chi connectivity index (χ0) is 19.6. The molecule has 1 aromatic carbocycles. The number of hydrogen-bond acceptors (Lipinski definition) is 3. The summed E-state index contributed by atoms with van der Waals surface area (Å²) >= 11 is 0. The van der Waals surface area contributed by atoms with Gasteiger partial charge in [0.25, 0.3) is 5.91 Å². The van der Waals surface area contributed by atoms with Gasteiger partial charge in [-0.15, -0.1) is 0 Å². The van der Waals surface area contributed by atoms with Gasteiger partial charge in [-0.1, -0.05) is 38.2 Å². The summed E-state index contributed by atoms with van der Waals surface area (Å²) in [5, 5.41) is 8.47. The molecule has 6 heteroatoms. The average molecular weight is 373 g/mol. The molecule has 0 atom stereocenters. The first-order valence-electron chi connectivity index (χ1n) is 9.92. The molecule has 1 fully saturated rings. The first-order chi connectivity index (χ1) is 13.0. The third-order valence-electron chi connectivity index (χ3n) is 5.13. The number of anilines is 1. The van der Waals surface area contributed by atoms with Crippen LogP contribution in [0.2, 0.25) is 0 Å². The van der Waals surface area contributed by atoms with E-state index in [1.165, 1.54) is 19.3 Å². The van der Waals surface area contributed by atoms with Crippen LogP contribution in [-0.4, -0.2) is 30.8 Å². The van der Waals surface area contributed by atoms with E-state index in [2.05, 4.69) is 16.0 Å². The summed E-state index contributed by atoms with van der Waals surface area (Å²) < 4.78 is 0. The molecular weight excluding hydrogens is 342 g/mol. The van der Waals surface area contributed by atoms with Crippen molar-refractivity contribution < 1.29 is 14.4 Å². The van der Waals surface area contributed by atoms with Crippen LogP contribution in [0.25, 0.3) is 0 Å². The van der Waals surface area contributed by atoms with Crippen molar-refractivity contribution in [3.63, 3.8) is 0 Å². The van der Waals surface area contributed by atoms with Gasteiger partial charge in [-0.05, 0) is 37.5 Å². The number of hydrogen-bond donors (Lipinski definition) is 3. The first-order valence-corrected chi connectivity index (χ1v) is 9.92. The van der Waals surface area contributed by atoms with E-state index in [9.17, 15) is 14.4 Å². The summed E-state index contributed by atoms with van der Waals surface area (Å²) in [6.45, 7) is 1.79. The van der Waals surface area contributed by atoms with Gasteiger partial charge >= 0.3 is 0 Å². The van der Waals surface area contributed by atoms with E-state index in [0.29, 0.717) is 16.8 Å². The molecule has 0 bridgehead atoms. The van der Waals surface area contributed by atoms with Gasteiger partial charge in [-0.3, -0.25) is 14.4 Å². The van der Waals surface area contributed by atoms with Crippen LogP contribution in [0.5, 0.6) is 0 Å². The molecule has 148 valence electrons. The van der Waals surface area contributed by atoms with Crippen LogP contribution >= 0.6 is 0 Å². The summed E-state index contributed by atoms with van der Waals surface area (Å²) in [7, 11) is 1.57. The fourth-order valence-corrected chi connectivity index (χ4v) is 3.49. The van der Waals surface area contributed by atoms with Gasteiger partial charge in [0.2, 0.25) is 11.8 Å². The highest BCUT2D eigenvalue weighted by atomic mass is 16.2. The van der Waals surface area contributed by atoms with Crippen molar-refractivity contribution in [2.75, 3.05) is 12.4 Å². The lowest BCUT2D eigenvalue weighted by molar-refractivity contribution is -0.125. The minimum atomic E-state index is -0.222. The number of carbonyl (C=O) groups is 3. The maximum Gasteiger partial charge on any atom is 0.251 e. The quantitative estimate of drug-likeness (QED) is 0.715. The van der Waals surface area contributed by atoms with Crippen molar-refractivity contribution in [2.24, 2.45) is 0 Å². The third kappa shape index (κ3) is 6.70. The van der Waals surface area contributed by atoms with E-state index in [1.807, 2.05) is 0 Å². The Bertz CT molecular complexity index is 665. The molecule has 0 saturated heterocycles. The minimum Gasteiger partial charge on any atom is -0.355 e. The van der Waals surface area contributed by atoms with Crippen molar-refractivity contribution in [3.8, 4) is 0 Å². The maximum absolute atomic E-state index is 12.2. The highest BCUT2D eigenvalue weighted by Crippen LogP contribution is 2.20. The lowest BCUT2D eigenvalue weighted by Gasteiger charge is -2.21. The maximum atomic E-state index is 12.2. The Kier molecular flexibility index (Phi) is 8.30. The second-order valence-electron chi connectivity index (χ2n) is 7.21. The molecule has 0 aliphatic heterocycles. The molecule has 1 aliphatic carbocycles. The molecule has 1 aliphatic rings. The van der Waals surface area contributed by atoms with Crippen LogP contribution < -0.4 is 16.0 Å². The monoisotopic (exact) mass is 373 g/mol. The summed E-state index contributed by atoms with van der Waals surface area (Å²) in [5.41, 5.74) is 1.84. The zero-order valence-electron chi connectivity index (χ0n) is 16.4. The van der Waals surface area contributed by atoms with E-state index in [-0.39, 0.29) is 36.6 Å². The van der Waals surface area contributed by atoms with Crippen LogP contribution in [0.3, 0.4) is 0 Å². The highest BCUT2D eigenvalue weighted by Gasteiger charge is 2.16. The predicted molar refractivity (Wildman–Crippen MR) is 107 cm³/mol. The lowest BCUT2D eigenvalue weighted by Crippen LogP contribution is -2.35. The summed E-state index contributed by atoms with van der Waals surface area (Å²) in [6, 6.07) is 5.45. The fourth-order valence-electron chi connectivity index (χ4n) is 3.49. The standard InChI is InChI=1S/C21H31N3O3/c1-15-17(21(27)22-2)11-8-12-18(15)24-20(26)14-13-19(25)23-16-9-6-4-3-5-7-10-16/h8,11-12,16H,3-7,9-10,13-14H2,1-2H3,(H,22,27)(H,23,25)(H,24,26). The van der Waals surface area contributed by atoms with Crippen molar-refractivity contribution in [3.05, 3.63) is 29.3 Å². The Labute approximate surface area is 161 Å². The van der Waals surface area contributed by atoms with Crippen molar-refractivity contribution in [1.29, 1.82) is 0 Å². The molecule has 0 aromatic heterocycles. The summed E-state index contributed by atoms with van der Waals surface area (Å²) in [6.07, 6.45) is 8.46. The molecule has 1 saturated carbocycles. The smallest absolute Gasteiger partial charge is 0.251 e. The predicted octanol–water partition coefficient (Wildman–Crippen LogP) is 3.30. The number of benzene rings is 1. The van der Waals surface area contributed by atoms with Crippen molar-refractivity contribution >= 4 is 23.4 Å². The van der Waals surface area contributed by atoms with E-state index < -0.39 is 0 Å². The molecule has 0 unspecified atom stereocenters. The molecule has 2 rings (SSSR count). The molecule has 6 nitrogen and oxygen atoms in total. The molecule has 27 heavy (non-hydrogen) atoms. The number of rotatable bonds is 6. The van der Waals surface area contributed by atoms with Crippen molar-refractivity contribution in [1.82, 2.24) is 10.6 Å². The minimum absolute atomic E-state index is 0.0634. The molecule has 3 amide bonds. The van der Waals surface area contributed by atoms with E-state index in [4.69, 9.17) is 0 Å². The van der Waals surface area contributed by atoms with Crippen LogP contribution in [0.4, 0.5) is 5.69 Å². The van der Waals surface area contributed by atoms with Gasteiger partial charge in [0.15, 0.2) is 0 Å². The number of nitrogens with one attached hydrogen (secondary N) is 3. The Morgan fingerprint density at radius 1 is 0.963 bits per heavy atom. The van der Waals surface area contributed by atoms with Gasteiger partial charge in [0.05, 0.1) is 0 Å². The number of carbonyl (C=O) groups excluding carboxylic acids is 3. The van der Waals surface area contributed by atoms with Crippen LogP contribution in [-0.2, 0) is 9.59 Å². The Morgan fingerprint density at radius 2 is 1.59 bits per heavy atom. The topological polar surface area (TPSA) is 87.3 Å². The highest BCUT2D eigenvalue weighted by molar-refractivity contribution is 5.99. The fraction of sp³-hybridized carbons (Fsp3) is 0.571. The largest absolute Gasteiger partial charge is 0.355 e. The second kappa shape index (κ2) is 10.7. The van der Waals surface area contributed by atoms with E-state index >= 15 is 0 Å². The molecule has 0 spiro atoms. The van der Waals surface area contributed by atoms with E-state index in [1.54, 1.807) is 32.2 Å². The average Bonchev–Trinajstić information content (AvgIpc) is 2.63. The van der Waals surface area contributed by atoms with Gasteiger partial charge in [-0.2, -0.15) is 0 Å². The molecular formula is C21H31N3O3. The van der Waals surface area contributed by atoms with Gasteiger partial charge in [0, 0.05) is 37.2 Å². The van der Waals surface area contributed by atoms with Crippen molar-refractivity contribution in [2.45, 2.75) is 70.8 Å². The Balaban J connectivity index is 1.82.